The lowest BCUT2D eigenvalue weighted by Gasteiger charge is -2.18. The third-order valence-corrected chi connectivity index (χ3v) is 1.99. The largest absolute Gasteiger partial charge is 0.411 e. The zero-order chi connectivity index (χ0) is 8.27. The molecule has 11 heavy (non-hydrogen) atoms. The minimum Gasteiger partial charge on any atom is -0.411 e. The van der Waals surface area contributed by atoms with E-state index in [1.807, 2.05) is 0 Å². The minimum absolute atomic E-state index is 0.519. The molecular weight excluding hydrogens is 144 g/mol. The Morgan fingerprint density at radius 3 is 2.45 bits per heavy atom. The fourth-order valence-electron chi connectivity index (χ4n) is 1.28. The lowest BCUT2D eigenvalue weighted by Crippen LogP contribution is -2.23. The van der Waals surface area contributed by atoms with E-state index in [1.165, 1.54) is 0 Å². The first kappa shape index (κ1) is 8.04. The van der Waals surface area contributed by atoms with Gasteiger partial charge in [-0.15, -0.1) is 0 Å². The molecule has 0 spiro atoms. The average Bonchev–Trinajstić information content (AvgIpc) is 2.04. The second-order valence-corrected chi connectivity index (χ2v) is 2.94. The molecule has 0 unspecified atom stereocenters. The molecule has 0 aliphatic heterocycles. The van der Waals surface area contributed by atoms with Crippen molar-refractivity contribution in [3.8, 4) is 0 Å². The van der Waals surface area contributed by atoms with Crippen LogP contribution in [0, 0.1) is 5.92 Å². The van der Waals surface area contributed by atoms with Crippen LogP contribution in [0.2, 0.25) is 0 Å². The van der Waals surface area contributed by atoms with Crippen molar-refractivity contribution in [2.45, 2.75) is 26.2 Å². The van der Waals surface area contributed by atoms with Crippen LogP contribution in [0.1, 0.15) is 26.2 Å². The smallest absolute Gasteiger partial charge is 0.105 e. The van der Waals surface area contributed by atoms with Crippen LogP contribution < -0.4 is 0 Å². The molecule has 0 amide bonds. The normalized spacial score (nSPS) is 33.0. The van der Waals surface area contributed by atoms with E-state index in [2.05, 4.69) is 17.2 Å². The predicted octanol–water partition coefficient (Wildman–Crippen LogP) is 1.47. The van der Waals surface area contributed by atoms with E-state index in [9.17, 15) is 0 Å². The molecule has 1 saturated carbocycles. The van der Waals surface area contributed by atoms with E-state index in [0.717, 1.165) is 6.42 Å². The van der Waals surface area contributed by atoms with E-state index >= 15 is 0 Å². The van der Waals surface area contributed by atoms with Gasteiger partial charge in [0.05, 0.1) is 0 Å². The van der Waals surface area contributed by atoms with Gasteiger partial charge in [0.25, 0.3) is 0 Å². The third-order valence-electron chi connectivity index (χ3n) is 1.99. The summed E-state index contributed by atoms with van der Waals surface area (Å²) in [5.74, 6) is 0.520. The number of hydrogen-bond acceptors (Lipinski definition) is 4. The van der Waals surface area contributed by atoms with Gasteiger partial charge in [-0.1, -0.05) is 17.2 Å². The van der Waals surface area contributed by atoms with Gasteiger partial charge in [0.15, 0.2) is 0 Å². The fourth-order valence-corrected chi connectivity index (χ4v) is 1.28. The van der Waals surface area contributed by atoms with E-state index in [1.54, 1.807) is 0 Å². The summed E-state index contributed by atoms with van der Waals surface area (Å²) in [4.78, 5) is 0. The lowest BCUT2D eigenvalue weighted by molar-refractivity contribution is 0.308. The molecule has 4 nitrogen and oxygen atoms in total. The Hall–Kier alpha value is -1.06. The summed E-state index contributed by atoms with van der Waals surface area (Å²) in [6.45, 7) is 2.08. The van der Waals surface area contributed by atoms with Crippen LogP contribution in [0.3, 0.4) is 0 Å². The van der Waals surface area contributed by atoms with E-state index in [-0.39, 0.29) is 0 Å². The molecule has 0 heterocycles. The number of oxime groups is 2. The van der Waals surface area contributed by atoms with Crippen LogP contribution in [0.25, 0.3) is 0 Å². The molecule has 1 rings (SSSR count). The molecule has 0 aromatic heterocycles. The summed E-state index contributed by atoms with van der Waals surface area (Å²) >= 11 is 0. The Kier molecular flexibility index (Phi) is 2.46. The SMILES string of the molecule is C[C@@H]1CCC(=N\O)/C(=N/O)C1. The summed E-state index contributed by atoms with van der Waals surface area (Å²) in [5, 5.41) is 23.1. The Morgan fingerprint density at radius 1 is 1.27 bits per heavy atom. The van der Waals surface area contributed by atoms with Crippen molar-refractivity contribution in [3.63, 3.8) is 0 Å². The quantitative estimate of drug-likeness (QED) is 0.412. The molecule has 1 atom stereocenters. The van der Waals surface area contributed by atoms with Crippen LogP contribution in [-0.2, 0) is 0 Å². The molecule has 4 heteroatoms. The molecule has 0 bridgehead atoms. The lowest BCUT2D eigenvalue weighted by atomic mass is 9.88. The molecule has 1 fully saturated rings. The highest BCUT2D eigenvalue weighted by Gasteiger charge is 2.20. The molecule has 0 aromatic rings. The van der Waals surface area contributed by atoms with Gasteiger partial charge in [-0.2, -0.15) is 0 Å². The highest BCUT2D eigenvalue weighted by molar-refractivity contribution is 6.42. The van der Waals surface area contributed by atoms with Crippen LogP contribution in [-0.4, -0.2) is 21.8 Å². The van der Waals surface area contributed by atoms with Crippen LogP contribution in [0.5, 0.6) is 0 Å². The van der Waals surface area contributed by atoms with Crippen molar-refractivity contribution < 1.29 is 10.4 Å². The first-order valence-corrected chi connectivity index (χ1v) is 3.70. The second kappa shape index (κ2) is 3.37. The monoisotopic (exact) mass is 156 g/mol. The topological polar surface area (TPSA) is 65.2 Å². The average molecular weight is 156 g/mol. The molecule has 2 N–H and O–H groups in total. The predicted molar refractivity (Wildman–Crippen MR) is 41.5 cm³/mol. The number of rotatable bonds is 0. The molecule has 1 aliphatic carbocycles. The van der Waals surface area contributed by atoms with Gasteiger partial charge in [0.2, 0.25) is 0 Å². The molecule has 0 radical (unpaired) electrons. The van der Waals surface area contributed by atoms with Gasteiger partial charge >= 0.3 is 0 Å². The number of hydrogen-bond donors (Lipinski definition) is 2. The minimum atomic E-state index is 0.519. The summed E-state index contributed by atoms with van der Waals surface area (Å²) < 4.78 is 0. The Balaban J connectivity index is 2.72. The standard InChI is InChI=1S/C7H12N2O2/c1-5-2-3-6(8-10)7(4-5)9-11/h5,10-11H,2-4H2,1H3/b8-6+,9-7+/t5-/m1/s1. The summed E-state index contributed by atoms with van der Waals surface area (Å²) in [6.07, 6.45) is 2.41. The van der Waals surface area contributed by atoms with Crippen molar-refractivity contribution in [3.05, 3.63) is 0 Å². The molecule has 0 aromatic carbocycles. The van der Waals surface area contributed by atoms with Gasteiger partial charge in [-0.25, -0.2) is 0 Å². The highest BCUT2D eigenvalue weighted by Crippen LogP contribution is 2.19. The first-order chi connectivity index (χ1) is 5.27. The molecular formula is C7H12N2O2. The van der Waals surface area contributed by atoms with Crippen LogP contribution >= 0.6 is 0 Å². The van der Waals surface area contributed by atoms with Gasteiger partial charge in [0.1, 0.15) is 11.4 Å². The Morgan fingerprint density at radius 2 is 1.91 bits per heavy atom. The summed E-state index contributed by atoms with van der Waals surface area (Å²) in [6, 6.07) is 0. The Labute approximate surface area is 65.2 Å². The number of nitrogens with zero attached hydrogens (tertiary/aromatic N) is 2. The van der Waals surface area contributed by atoms with Crippen molar-refractivity contribution in [1.82, 2.24) is 0 Å². The maximum Gasteiger partial charge on any atom is 0.105 e. The van der Waals surface area contributed by atoms with Gasteiger partial charge in [-0.3, -0.25) is 0 Å². The molecule has 0 saturated heterocycles. The summed E-state index contributed by atoms with van der Waals surface area (Å²) in [7, 11) is 0. The van der Waals surface area contributed by atoms with Crippen molar-refractivity contribution >= 4 is 11.4 Å². The van der Waals surface area contributed by atoms with Gasteiger partial charge < -0.3 is 10.4 Å². The van der Waals surface area contributed by atoms with Gasteiger partial charge in [-0.05, 0) is 25.2 Å². The van der Waals surface area contributed by atoms with Crippen molar-refractivity contribution in [2.75, 3.05) is 0 Å². The van der Waals surface area contributed by atoms with Gasteiger partial charge in [0, 0.05) is 0 Å². The van der Waals surface area contributed by atoms with E-state index in [4.69, 9.17) is 10.4 Å². The zero-order valence-electron chi connectivity index (χ0n) is 6.49. The van der Waals surface area contributed by atoms with Crippen LogP contribution in [0.15, 0.2) is 10.3 Å². The highest BCUT2D eigenvalue weighted by atomic mass is 16.4. The van der Waals surface area contributed by atoms with Crippen LogP contribution in [0.4, 0.5) is 0 Å². The summed E-state index contributed by atoms with van der Waals surface area (Å²) in [5.41, 5.74) is 1.04. The zero-order valence-corrected chi connectivity index (χ0v) is 6.49. The maximum atomic E-state index is 8.51. The van der Waals surface area contributed by atoms with Crippen molar-refractivity contribution in [2.24, 2.45) is 16.2 Å². The first-order valence-electron chi connectivity index (χ1n) is 3.70. The Bertz CT molecular complexity index is 199. The maximum absolute atomic E-state index is 8.51. The van der Waals surface area contributed by atoms with E-state index in [0.29, 0.717) is 30.2 Å². The third kappa shape index (κ3) is 1.69. The van der Waals surface area contributed by atoms with Crippen molar-refractivity contribution in [1.29, 1.82) is 0 Å². The fraction of sp³-hybridized carbons (Fsp3) is 0.714. The second-order valence-electron chi connectivity index (χ2n) is 2.94. The molecule has 62 valence electrons. The molecule has 1 aliphatic rings. The van der Waals surface area contributed by atoms with E-state index < -0.39 is 0 Å².